The molecule has 2 aromatic carbocycles. The lowest BCUT2D eigenvalue weighted by atomic mass is 10.2. The van der Waals surface area contributed by atoms with Crippen molar-refractivity contribution < 1.29 is 4.74 Å². The van der Waals surface area contributed by atoms with Crippen molar-refractivity contribution in [3.8, 4) is 29.4 Å². The summed E-state index contributed by atoms with van der Waals surface area (Å²) < 4.78 is 5.18. The number of rotatable bonds is 4. The zero-order chi connectivity index (χ0) is 19.9. The molecule has 10 heteroatoms. The molecule has 0 aliphatic rings. The van der Waals surface area contributed by atoms with Crippen molar-refractivity contribution >= 4 is 17.3 Å². The Hall–Kier alpha value is -4.44. The molecule has 0 saturated carbocycles. The molecule has 0 aliphatic carbocycles. The molecule has 1 heterocycles. The van der Waals surface area contributed by atoms with Crippen molar-refractivity contribution in [3.05, 3.63) is 48.0 Å². The largest absolute Gasteiger partial charge is 0.495 e. The maximum absolute atomic E-state index is 9.07. The zero-order valence-corrected chi connectivity index (χ0v) is 15.1. The molecule has 0 bridgehead atoms. The highest BCUT2D eigenvalue weighted by Crippen LogP contribution is 2.25. The van der Waals surface area contributed by atoms with Gasteiger partial charge in [0, 0.05) is 17.3 Å². The van der Waals surface area contributed by atoms with Crippen LogP contribution in [-0.4, -0.2) is 33.3 Å². The van der Waals surface area contributed by atoms with Gasteiger partial charge < -0.3 is 10.1 Å². The Kier molecular flexibility index (Phi) is 5.44. The van der Waals surface area contributed by atoms with Crippen LogP contribution < -0.4 is 15.4 Å². The van der Waals surface area contributed by atoms with Crippen LogP contribution >= 0.6 is 0 Å². The van der Waals surface area contributed by atoms with E-state index in [0.717, 1.165) is 5.56 Å². The number of nitrogens with one attached hydrogen (secondary N) is 2. The number of nitrogens with zero attached hydrogens (tertiary/aromatic N) is 7. The normalized spacial score (nSPS) is 10.6. The number of ether oxygens (including phenoxy) is 1. The summed E-state index contributed by atoms with van der Waals surface area (Å²) >= 11 is 0. The molecule has 3 rings (SSSR count). The van der Waals surface area contributed by atoms with Crippen LogP contribution in [0.5, 0.6) is 5.75 Å². The fourth-order valence-corrected chi connectivity index (χ4v) is 2.38. The number of aliphatic imine (C=N–C) groups is 1. The Balaban J connectivity index is 1.89. The van der Waals surface area contributed by atoms with Crippen molar-refractivity contribution in [2.75, 3.05) is 12.4 Å². The number of tetrazole rings is 1. The van der Waals surface area contributed by atoms with Crippen molar-refractivity contribution in [1.29, 1.82) is 10.5 Å². The molecule has 0 aliphatic heterocycles. The van der Waals surface area contributed by atoms with Crippen LogP contribution in [0, 0.1) is 22.8 Å². The van der Waals surface area contributed by atoms with E-state index in [1.165, 1.54) is 11.9 Å². The molecule has 0 radical (unpaired) electrons. The Labute approximate surface area is 160 Å². The SMILES string of the molecule is COc1cc(N=C(NC#N)Nc2cccc(-c3nnn(C)n3)c2)ccc1C#N. The van der Waals surface area contributed by atoms with E-state index < -0.39 is 0 Å². The van der Waals surface area contributed by atoms with Gasteiger partial charge in [-0.05, 0) is 29.5 Å². The van der Waals surface area contributed by atoms with Crippen LogP contribution in [-0.2, 0) is 7.05 Å². The van der Waals surface area contributed by atoms with Gasteiger partial charge in [-0.2, -0.15) is 15.3 Å². The lowest BCUT2D eigenvalue weighted by Crippen LogP contribution is -2.26. The average Bonchev–Trinajstić information content (AvgIpc) is 3.14. The third kappa shape index (κ3) is 4.20. The minimum absolute atomic E-state index is 0.207. The second-order valence-electron chi connectivity index (χ2n) is 5.50. The first-order valence-electron chi connectivity index (χ1n) is 8.06. The molecule has 2 N–H and O–H groups in total. The van der Waals surface area contributed by atoms with Crippen LogP contribution in [0.25, 0.3) is 11.4 Å². The lowest BCUT2D eigenvalue weighted by Gasteiger charge is -2.09. The third-order valence-corrected chi connectivity index (χ3v) is 3.61. The molecular formula is C18H15N9O. The van der Waals surface area contributed by atoms with Crippen LogP contribution in [0.4, 0.5) is 11.4 Å². The summed E-state index contributed by atoms with van der Waals surface area (Å²) in [6.45, 7) is 0. The fourth-order valence-electron chi connectivity index (χ4n) is 2.38. The summed E-state index contributed by atoms with van der Waals surface area (Å²) in [5, 5.41) is 35.6. The van der Waals surface area contributed by atoms with Gasteiger partial charge in [-0.25, -0.2) is 4.99 Å². The quantitative estimate of drug-likeness (QED) is 0.306. The van der Waals surface area contributed by atoms with Gasteiger partial charge in [-0.1, -0.05) is 12.1 Å². The van der Waals surface area contributed by atoms with Gasteiger partial charge in [0.25, 0.3) is 0 Å². The number of hydrogen-bond acceptors (Lipinski definition) is 7. The first kappa shape index (κ1) is 18.4. The molecule has 1 aromatic heterocycles. The van der Waals surface area contributed by atoms with Gasteiger partial charge in [0.2, 0.25) is 11.8 Å². The van der Waals surface area contributed by atoms with E-state index in [4.69, 9.17) is 15.3 Å². The third-order valence-electron chi connectivity index (χ3n) is 3.61. The van der Waals surface area contributed by atoms with Gasteiger partial charge in [-0.15, -0.1) is 10.2 Å². The highest BCUT2D eigenvalue weighted by Gasteiger charge is 2.08. The van der Waals surface area contributed by atoms with Crippen molar-refractivity contribution in [2.24, 2.45) is 12.0 Å². The highest BCUT2D eigenvalue weighted by molar-refractivity contribution is 5.96. The van der Waals surface area contributed by atoms with Crippen molar-refractivity contribution in [3.63, 3.8) is 0 Å². The van der Waals surface area contributed by atoms with Gasteiger partial charge in [0.05, 0.1) is 25.4 Å². The molecule has 0 unspecified atom stereocenters. The van der Waals surface area contributed by atoms with Crippen molar-refractivity contribution in [2.45, 2.75) is 0 Å². The minimum atomic E-state index is 0.207. The van der Waals surface area contributed by atoms with Gasteiger partial charge in [-0.3, -0.25) is 5.32 Å². The van der Waals surface area contributed by atoms with E-state index >= 15 is 0 Å². The molecule has 10 nitrogen and oxygen atoms in total. The van der Waals surface area contributed by atoms with Crippen molar-refractivity contribution in [1.82, 2.24) is 25.5 Å². The van der Waals surface area contributed by atoms with E-state index in [2.05, 4.69) is 31.0 Å². The Morgan fingerprint density at radius 3 is 2.75 bits per heavy atom. The number of aryl methyl sites for hydroxylation is 1. The second-order valence-corrected chi connectivity index (χ2v) is 5.50. The monoisotopic (exact) mass is 373 g/mol. The minimum Gasteiger partial charge on any atom is -0.495 e. The Morgan fingerprint density at radius 2 is 2.07 bits per heavy atom. The molecule has 0 fully saturated rings. The number of nitriles is 2. The van der Waals surface area contributed by atoms with E-state index in [9.17, 15) is 0 Å². The zero-order valence-electron chi connectivity index (χ0n) is 15.1. The molecule has 0 spiro atoms. The summed E-state index contributed by atoms with van der Waals surface area (Å²) in [6, 6.07) is 14.2. The Morgan fingerprint density at radius 1 is 1.21 bits per heavy atom. The van der Waals surface area contributed by atoms with Gasteiger partial charge in [0.15, 0.2) is 6.19 Å². The molecule has 0 saturated heterocycles. The molecule has 28 heavy (non-hydrogen) atoms. The summed E-state index contributed by atoms with van der Waals surface area (Å²) in [5.41, 5.74) is 2.34. The summed E-state index contributed by atoms with van der Waals surface area (Å²) in [5.74, 6) is 1.09. The topological polar surface area (TPSA) is 137 Å². The Bertz CT molecular complexity index is 1100. The van der Waals surface area contributed by atoms with Gasteiger partial charge >= 0.3 is 0 Å². The first-order valence-corrected chi connectivity index (χ1v) is 8.06. The number of guanidine groups is 1. The smallest absolute Gasteiger partial charge is 0.214 e. The number of benzene rings is 2. The number of anilines is 1. The highest BCUT2D eigenvalue weighted by atomic mass is 16.5. The second kappa shape index (κ2) is 8.29. The van der Waals surface area contributed by atoms with E-state index in [0.29, 0.717) is 28.5 Å². The molecule has 3 aromatic rings. The maximum atomic E-state index is 9.07. The molecule has 0 amide bonds. The predicted octanol–water partition coefficient (Wildman–Crippen LogP) is 1.93. The summed E-state index contributed by atoms with van der Waals surface area (Å²) in [6.07, 6.45) is 1.84. The molecule has 0 atom stereocenters. The number of hydrogen-bond donors (Lipinski definition) is 2. The van der Waals surface area contributed by atoms with E-state index in [1.807, 2.05) is 36.5 Å². The first-order chi connectivity index (χ1) is 13.6. The maximum Gasteiger partial charge on any atom is 0.214 e. The molecular weight excluding hydrogens is 358 g/mol. The molecule has 138 valence electrons. The lowest BCUT2D eigenvalue weighted by molar-refractivity contribution is 0.413. The van der Waals surface area contributed by atoms with Crippen LogP contribution in [0.15, 0.2) is 47.5 Å². The summed E-state index contributed by atoms with van der Waals surface area (Å²) in [7, 11) is 3.16. The standard InChI is InChI=1S/C18H15N9O/c1-27-25-17(24-26-27)12-4-3-5-14(8-12)22-18(21-11-20)23-15-7-6-13(10-19)16(9-15)28-2/h3-9H,1-2H3,(H2,21,22,23). The van der Waals surface area contributed by atoms with Crippen LogP contribution in [0.3, 0.4) is 0 Å². The van der Waals surface area contributed by atoms with Gasteiger partial charge in [0.1, 0.15) is 11.8 Å². The summed E-state index contributed by atoms with van der Waals surface area (Å²) in [4.78, 5) is 5.74. The predicted molar refractivity (Wildman–Crippen MR) is 101 cm³/mol. The number of methoxy groups -OCH3 is 1. The van der Waals surface area contributed by atoms with E-state index in [1.54, 1.807) is 25.2 Å². The van der Waals surface area contributed by atoms with E-state index in [-0.39, 0.29) is 5.96 Å². The number of aromatic nitrogens is 4. The van der Waals surface area contributed by atoms with Crippen LogP contribution in [0.2, 0.25) is 0 Å². The average molecular weight is 373 g/mol. The fraction of sp³-hybridized carbons (Fsp3) is 0.111. The van der Waals surface area contributed by atoms with Crippen LogP contribution in [0.1, 0.15) is 5.56 Å².